The Morgan fingerprint density at radius 2 is 1.81 bits per heavy atom. The molecule has 1 aliphatic rings. The first-order valence-electron chi connectivity index (χ1n) is 12.5. The van der Waals surface area contributed by atoms with Gasteiger partial charge in [0.05, 0.1) is 16.7 Å². The van der Waals surface area contributed by atoms with Crippen molar-refractivity contribution in [3.8, 4) is 11.1 Å². The van der Waals surface area contributed by atoms with Gasteiger partial charge in [-0.05, 0) is 98.2 Å². The molecular formula is C28H31F3N4OS. The van der Waals surface area contributed by atoms with Crippen molar-refractivity contribution in [2.24, 2.45) is 11.3 Å². The molecule has 5 rings (SSSR count). The number of imidazole rings is 1. The van der Waals surface area contributed by atoms with Crippen LogP contribution in [-0.4, -0.2) is 20.2 Å². The lowest BCUT2D eigenvalue weighted by Crippen LogP contribution is -2.29. The Balaban J connectivity index is 1.56. The predicted octanol–water partition coefficient (Wildman–Crippen LogP) is 9.05. The molecule has 0 spiro atoms. The summed E-state index contributed by atoms with van der Waals surface area (Å²) in [5.41, 5.74) is 1.24. The predicted molar refractivity (Wildman–Crippen MR) is 142 cm³/mol. The van der Waals surface area contributed by atoms with Gasteiger partial charge < -0.3 is 14.4 Å². The Kier molecular flexibility index (Phi) is 6.54. The highest BCUT2D eigenvalue weighted by Gasteiger charge is 2.35. The van der Waals surface area contributed by atoms with Crippen LogP contribution in [0.1, 0.15) is 57.5 Å². The average molecular weight is 529 g/mol. The maximum atomic E-state index is 12.8. The fourth-order valence-corrected chi connectivity index (χ4v) is 6.51. The molecule has 9 heteroatoms. The monoisotopic (exact) mass is 528 g/mol. The number of alkyl halides is 3. The Bertz CT molecular complexity index is 1400. The molecule has 2 aromatic heterocycles. The van der Waals surface area contributed by atoms with E-state index in [1.807, 2.05) is 13.8 Å². The first-order valence-corrected chi connectivity index (χ1v) is 13.3. The molecule has 196 valence electrons. The number of aromatic nitrogens is 3. The smallest absolute Gasteiger partial charge is 0.361 e. The van der Waals surface area contributed by atoms with Gasteiger partial charge in [0.25, 0.3) is 0 Å². The lowest BCUT2D eigenvalue weighted by Gasteiger charge is -2.40. The van der Waals surface area contributed by atoms with Crippen LogP contribution in [0.3, 0.4) is 0 Å². The van der Waals surface area contributed by atoms with E-state index in [-0.39, 0.29) is 28.1 Å². The molecule has 1 N–H and O–H groups in total. The number of thioether (sulfide) groups is 1. The van der Waals surface area contributed by atoms with Crippen molar-refractivity contribution in [3.63, 3.8) is 0 Å². The van der Waals surface area contributed by atoms with E-state index in [1.165, 1.54) is 18.6 Å². The molecule has 0 radical (unpaired) electrons. The van der Waals surface area contributed by atoms with Gasteiger partial charge in [0, 0.05) is 22.2 Å². The summed E-state index contributed by atoms with van der Waals surface area (Å²) in [6.45, 7) is 10.8. The Morgan fingerprint density at radius 1 is 1.08 bits per heavy atom. The standard InChI is InChI=1S/C28H31F3N4OS/c1-16-12-21(15-27(4,5)14-16)35-24-11-6-19(25-17(2)34-36-18(25)3)13-23(24)33-26(35)32-20-7-9-22(10-8-20)37-28(29,30)31/h6-11,13,16,21H,12,14-15H2,1-5H3,(H,32,33)/t16-,21+/m1/s1. The van der Waals surface area contributed by atoms with Crippen molar-refractivity contribution in [2.45, 2.75) is 70.3 Å². The van der Waals surface area contributed by atoms with Gasteiger partial charge in [-0.15, -0.1) is 0 Å². The summed E-state index contributed by atoms with van der Waals surface area (Å²) >= 11 is -0.113. The number of anilines is 2. The SMILES string of the molecule is Cc1noc(C)c1-c1ccc2c(c1)nc(Nc1ccc(SC(F)(F)F)cc1)n2[C@H]1C[C@@H](C)CC(C)(C)C1. The lowest BCUT2D eigenvalue weighted by molar-refractivity contribution is -0.0328. The third kappa shape index (κ3) is 5.51. The summed E-state index contributed by atoms with van der Waals surface area (Å²) in [5.74, 6) is 2.02. The van der Waals surface area contributed by atoms with Crippen molar-refractivity contribution in [1.82, 2.24) is 14.7 Å². The average Bonchev–Trinajstić information content (AvgIpc) is 3.30. The number of halogens is 3. The van der Waals surface area contributed by atoms with Gasteiger partial charge in [0.2, 0.25) is 5.95 Å². The number of aryl methyl sites for hydroxylation is 2. The van der Waals surface area contributed by atoms with Crippen molar-refractivity contribution in [2.75, 3.05) is 5.32 Å². The van der Waals surface area contributed by atoms with Crippen LogP contribution >= 0.6 is 11.8 Å². The van der Waals surface area contributed by atoms with Crippen molar-refractivity contribution >= 4 is 34.4 Å². The van der Waals surface area contributed by atoms with E-state index < -0.39 is 5.51 Å². The van der Waals surface area contributed by atoms with Gasteiger partial charge in [0.1, 0.15) is 5.76 Å². The molecule has 0 amide bonds. The van der Waals surface area contributed by atoms with E-state index in [2.05, 4.69) is 54.0 Å². The molecule has 2 heterocycles. The summed E-state index contributed by atoms with van der Waals surface area (Å²) in [6, 6.07) is 12.8. The lowest BCUT2D eigenvalue weighted by atomic mass is 9.70. The molecule has 37 heavy (non-hydrogen) atoms. The van der Waals surface area contributed by atoms with Gasteiger partial charge in [-0.2, -0.15) is 13.2 Å². The van der Waals surface area contributed by atoms with E-state index in [4.69, 9.17) is 9.51 Å². The first-order chi connectivity index (χ1) is 17.4. The summed E-state index contributed by atoms with van der Waals surface area (Å²) in [5, 5.41) is 7.49. The molecule has 0 saturated heterocycles. The number of hydrogen-bond acceptors (Lipinski definition) is 5. The number of nitrogens with zero attached hydrogens (tertiary/aromatic N) is 3. The summed E-state index contributed by atoms with van der Waals surface area (Å²) in [7, 11) is 0. The maximum Gasteiger partial charge on any atom is 0.446 e. The largest absolute Gasteiger partial charge is 0.446 e. The second-order valence-electron chi connectivity index (χ2n) is 11.0. The normalized spacial score (nSPS) is 19.9. The fourth-order valence-electron chi connectivity index (χ4n) is 5.97. The molecule has 1 fully saturated rings. The highest BCUT2D eigenvalue weighted by Crippen LogP contribution is 2.46. The first kappa shape index (κ1) is 25.7. The van der Waals surface area contributed by atoms with E-state index >= 15 is 0 Å². The highest BCUT2D eigenvalue weighted by atomic mass is 32.2. The van der Waals surface area contributed by atoms with Crippen molar-refractivity contribution in [3.05, 3.63) is 53.9 Å². The molecule has 2 aromatic carbocycles. The number of hydrogen-bond donors (Lipinski definition) is 1. The fraction of sp³-hybridized carbons (Fsp3) is 0.429. The molecule has 5 nitrogen and oxygen atoms in total. The molecule has 2 atom stereocenters. The molecule has 0 bridgehead atoms. The van der Waals surface area contributed by atoms with Crippen LogP contribution in [-0.2, 0) is 0 Å². The van der Waals surface area contributed by atoms with E-state index in [0.717, 1.165) is 46.5 Å². The maximum absolute atomic E-state index is 12.8. The zero-order valence-corrected chi connectivity index (χ0v) is 22.4. The summed E-state index contributed by atoms with van der Waals surface area (Å²) in [6.07, 6.45) is 3.23. The minimum atomic E-state index is -4.31. The third-order valence-corrected chi connectivity index (χ3v) is 7.82. The molecule has 1 saturated carbocycles. The van der Waals surface area contributed by atoms with Crippen LogP contribution in [0.15, 0.2) is 51.9 Å². The van der Waals surface area contributed by atoms with E-state index in [0.29, 0.717) is 17.6 Å². The third-order valence-electron chi connectivity index (χ3n) is 7.08. The topological polar surface area (TPSA) is 55.9 Å². The Labute approximate surface area is 218 Å². The van der Waals surface area contributed by atoms with Crippen molar-refractivity contribution < 1.29 is 17.7 Å². The van der Waals surface area contributed by atoms with Crippen LogP contribution in [0.4, 0.5) is 24.8 Å². The van der Waals surface area contributed by atoms with Gasteiger partial charge in [0.15, 0.2) is 0 Å². The second-order valence-corrected chi connectivity index (χ2v) is 12.1. The molecule has 0 aliphatic heterocycles. The van der Waals surface area contributed by atoms with Crippen LogP contribution in [0.5, 0.6) is 0 Å². The molecule has 0 unspecified atom stereocenters. The molecule has 4 aromatic rings. The summed E-state index contributed by atoms with van der Waals surface area (Å²) in [4.78, 5) is 5.13. The van der Waals surface area contributed by atoms with E-state index in [1.54, 1.807) is 12.1 Å². The van der Waals surface area contributed by atoms with Crippen LogP contribution in [0, 0.1) is 25.2 Å². The Hall–Kier alpha value is -2.94. The zero-order chi connectivity index (χ0) is 26.5. The highest BCUT2D eigenvalue weighted by molar-refractivity contribution is 8.00. The van der Waals surface area contributed by atoms with Gasteiger partial charge in [-0.3, -0.25) is 0 Å². The van der Waals surface area contributed by atoms with Crippen molar-refractivity contribution in [1.29, 1.82) is 0 Å². The minimum Gasteiger partial charge on any atom is -0.361 e. The van der Waals surface area contributed by atoms with Gasteiger partial charge >= 0.3 is 5.51 Å². The summed E-state index contributed by atoms with van der Waals surface area (Å²) < 4.78 is 46.0. The quantitative estimate of drug-likeness (QED) is 0.262. The molecule has 1 aliphatic carbocycles. The zero-order valence-electron chi connectivity index (χ0n) is 21.6. The van der Waals surface area contributed by atoms with Crippen LogP contribution in [0.25, 0.3) is 22.2 Å². The van der Waals surface area contributed by atoms with Gasteiger partial charge in [-0.1, -0.05) is 32.0 Å². The Morgan fingerprint density at radius 3 is 2.43 bits per heavy atom. The van der Waals surface area contributed by atoms with E-state index in [9.17, 15) is 13.2 Å². The number of rotatable bonds is 5. The number of benzene rings is 2. The number of nitrogens with one attached hydrogen (secondary N) is 1. The second kappa shape index (κ2) is 9.42. The van der Waals surface area contributed by atoms with Crippen LogP contribution in [0.2, 0.25) is 0 Å². The van der Waals surface area contributed by atoms with Gasteiger partial charge in [-0.25, -0.2) is 4.98 Å². The number of fused-ring (bicyclic) bond motifs is 1. The molecular weight excluding hydrogens is 497 g/mol. The van der Waals surface area contributed by atoms with Crippen LogP contribution < -0.4 is 5.32 Å². The minimum absolute atomic E-state index is 0.113.